The second kappa shape index (κ2) is 6.09. The maximum atomic E-state index is 12.0. The van der Waals surface area contributed by atoms with Gasteiger partial charge in [-0.25, -0.2) is 18.0 Å². The minimum atomic E-state index is -4.19. The normalized spacial score (nSPS) is 11.4. The van der Waals surface area contributed by atoms with Crippen LogP contribution in [0.5, 0.6) is 0 Å². The summed E-state index contributed by atoms with van der Waals surface area (Å²) in [6.45, 7) is 0. The van der Waals surface area contributed by atoms with Crippen LogP contribution in [0.3, 0.4) is 0 Å². The number of sulfonamides is 1. The Balaban J connectivity index is 3.11. The summed E-state index contributed by atoms with van der Waals surface area (Å²) in [6.07, 6.45) is 0. The first kappa shape index (κ1) is 14.8. The number of carbonyl (C=O) groups is 2. The number of hydrogen-bond acceptors (Lipinski definition) is 6. The zero-order valence-corrected chi connectivity index (χ0v) is 11.0. The van der Waals surface area contributed by atoms with Gasteiger partial charge in [-0.2, -0.15) is 0 Å². The fourth-order valence-corrected chi connectivity index (χ4v) is 4.07. The Morgan fingerprint density at radius 2 is 1.44 bits per heavy atom. The molecule has 0 aliphatic heterocycles. The minimum Gasteiger partial charge on any atom is -0.472 e. The first-order valence-electron chi connectivity index (χ1n) is 4.26. The molecule has 0 aliphatic rings. The van der Waals surface area contributed by atoms with Crippen molar-refractivity contribution < 1.29 is 28.2 Å². The SMILES string of the molecule is O=C(O)SN(SC(=O)O)S(=O)(=O)c1ccccc1. The van der Waals surface area contributed by atoms with E-state index < -0.39 is 20.6 Å². The molecule has 0 aromatic heterocycles. The maximum absolute atomic E-state index is 12.0. The number of benzene rings is 1. The molecule has 18 heavy (non-hydrogen) atoms. The van der Waals surface area contributed by atoms with Gasteiger partial charge >= 0.3 is 10.6 Å². The number of nitrogens with zero attached hydrogens (tertiary/aromatic N) is 1. The molecule has 0 heterocycles. The Labute approximate surface area is 111 Å². The average molecular weight is 309 g/mol. The van der Waals surface area contributed by atoms with E-state index in [2.05, 4.69) is 0 Å². The van der Waals surface area contributed by atoms with Gasteiger partial charge in [-0.1, -0.05) is 21.3 Å². The molecule has 2 N–H and O–H groups in total. The van der Waals surface area contributed by atoms with E-state index >= 15 is 0 Å². The Morgan fingerprint density at radius 1 is 1.00 bits per heavy atom. The van der Waals surface area contributed by atoms with Gasteiger partial charge in [0.1, 0.15) is 0 Å². The van der Waals surface area contributed by atoms with Crippen LogP contribution >= 0.6 is 23.9 Å². The summed E-state index contributed by atoms with van der Waals surface area (Å²) in [5.74, 6) is 0. The third kappa shape index (κ3) is 3.91. The Bertz CT molecular complexity index is 527. The molecule has 0 unspecified atom stereocenters. The monoisotopic (exact) mass is 309 g/mol. The van der Waals surface area contributed by atoms with Crippen molar-refractivity contribution in [3.8, 4) is 0 Å². The fourth-order valence-electron chi connectivity index (χ4n) is 0.923. The highest BCUT2D eigenvalue weighted by Gasteiger charge is 2.31. The van der Waals surface area contributed by atoms with Crippen molar-refractivity contribution in [2.75, 3.05) is 0 Å². The quantitative estimate of drug-likeness (QED) is 0.815. The maximum Gasteiger partial charge on any atom is 0.382 e. The van der Waals surface area contributed by atoms with E-state index in [-0.39, 0.29) is 31.9 Å². The Kier molecular flexibility index (Phi) is 5.02. The molecule has 1 aromatic rings. The zero-order valence-electron chi connectivity index (χ0n) is 8.59. The van der Waals surface area contributed by atoms with Gasteiger partial charge in [0, 0.05) is 0 Å². The van der Waals surface area contributed by atoms with Gasteiger partial charge in [-0.3, -0.25) is 0 Å². The van der Waals surface area contributed by atoms with Crippen molar-refractivity contribution >= 4 is 44.5 Å². The minimum absolute atomic E-state index is 0.126. The standard InChI is InChI=1S/C8H7NO6S3/c10-7(11)16-9(17-8(12)13)18(14,15)6-4-2-1-3-5-6/h1-5H,(H,10,11)(H,12,13). The molecule has 10 heteroatoms. The molecule has 0 amide bonds. The fraction of sp³-hybridized carbons (Fsp3) is 0. The van der Waals surface area contributed by atoms with E-state index in [0.29, 0.717) is 0 Å². The molecule has 0 spiro atoms. The number of carboxylic acid groups (broad SMARTS) is 2. The smallest absolute Gasteiger partial charge is 0.382 e. The lowest BCUT2D eigenvalue weighted by molar-refractivity contribution is 0.221. The first-order valence-corrected chi connectivity index (χ1v) is 7.25. The van der Waals surface area contributed by atoms with Gasteiger partial charge in [-0.05, 0) is 12.1 Å². The molecule has 0 saturated heterocycles. The van der Waals surface area contributed by atoms with Gasteiger partial charge < -0.3 is 10.2 Å². The highest BCUT2D eigenvalue weighted by molar-refractivity contribution is 8.32. The molecule has 0 aliphatic carbocycles. The van der Waals surface area contributed by atoms with Gasteiger partial charge in [0.2, 0.25) is 0 Å². The third-order valence-corrected chi connectivity index (χ3v) is 5.49. The largest absolute Gasteiger partial charge is 0.472 e. The summed E-state index contributed by atoms with van der Waals surface area (Å²) in [5, 5.41) is 14.1. The summed E-state index contributed by atoms with van der Waals surface area (Å²) < 4.78 is 24.2. The molecule has 7 nitrogen and oxygen atoms in total. The molecule has 0 bridgehead atoms. The van der Waals surface area contributed by atoms with Crippen molar-refractivity contribution in [3.05, 3.63) is 30.3 Å². The van der Waals surface area contributed by atoms with E-state index in [9.17, 15) is 18.0 Å². The van der Waals surface area contributed by atoms with E-state index in [1.807, 2.05) is 0 Å². The van der Waals surface area contributed by atoms with Crippen LogP contribution in [0.4, 0.5) is 9.59 Å². The van der Waals surface area contributed by atoms with E-state index in [0.717, 1.165) is 0 Å². The van der Waals surface area contributed by atoms with Crippen LogP contribution in [-0.4, -0.2) is 32.3 Å². The predicted molar refractivity (Wildman–Crippen MR) is 66.7 cm³/mol. The molecule has 0 atom stereocenters. The molecular weight excluding hydrogens is 302 g/mol. The predicted octanol–water partition coefficient (Wildman–Crippen LogP) is 2.33. The summed E-state index contributed by atoms with van der Waals surface area (Å²) in [6, 6.07) is 6.96. The van der Waals surface area contributed by atoms with Crippen LogP contribution in [0.25, 0.3) is 0 Å². The van der Waals surface area contributed by atoms with E-state index in [4.69, 9.17) is 10.2 Å². The molecule has 1 rings (SSSR count). The summed E-state index contributed by atoms with van der Waals surface area (Å²) in [4.78, 5) is 20.9. The van der Waals surface area contributed by atoms with Gasteiger partial charge in [0.05, 0.1) is 28.8 Å². The van der Waals surface area contributed by atoms with Crippen molar-refractivity contribution in [1.29, 1.82) is 0 Å². The topological polar surface area (TPSA) is 112 Å². The lowest BCUT2D eigenvalue weighted by Crippen LogP contribution is -2.21. The molecular formula is C8H7NO6S3. The summed E-state index contributed by atoms with van der Waals surface area (Å²) >= 11 is -0.252. The van der Waals surface area contributed by atoms with Gasteiger partial charge in [0.15, 0.2) is 0 Å². The van der Waals surface area contributed by atoms with Crippen molar-refractivity contribution in [2.24, 2.45) is 0 Å². The molecule has 1 aromatic carbocycles. The van der Waals surface area contributed by atoms with Crippen LogP contribution in [0, 0.1) is 0 Å². The van der Waals surface area contributed by atoms with Gasteiger partial charge in [0.25, 0.3) is 10.0 Å². The highest BCUT2D eigenvalue weighted by Crippen LogP contribution is 2.31. The van der Waals surface area contributed by atoms with Crippen LogP contribution in [-0.2, 0) is 10.0 Å². The average Bonchev–Trinajstić information content (AvgIpc) is 2.28. The Morgan fingerprint density at radius 3 is 1.83 bits per heavy atom. The lowest BCUT2D eigenvalue weighted by Gasteiger charge is -2.14. The molecule has 98 valence electrons. The second-order valence-corrected chi connectivity index (χ2v) is 7.00. The van der Waals surface area contributed by atoms with Crippen LogP contribution in [0.1, 0.15) is 0 Å². The van der Waals surface area contributed by atoms with E-state index in [1.54, 1.807) is 6.07 Å². The lowest BCUT2D eigenvalue weighted by atomic mass is 10.4. The number of rotatable bonds is 4. The van der Waals surface area contributed by atoms with Crippen molar-refractivity contribution in [3.63, 3.8) is 0 Å². The number of hydrogen-bond donors (Lipinski definition) is 2. The van der Waals surface area contributed by atoms with Crippen molar-refractivity contribution in [2.45, 2.75) is 4.90 Å². The zero-order chi connectivity index (χ0) is 13.8. The summed E-state index contributed by atoms with van der Waals surface area (Å²) in [7, 11) is -4.19. The van der Waals surface area contributed by atoms with Crippen LogP contribution in [0.15, 0.2) is 35.2 Å². The van der Waals surface area contributed by atoms with Gasteiger partial charge in [-0.15, -0.1) is 0 Å². The van der Waals surface area contributed by atoms with Crippen molar-refractivity contribution in [1.82, 2.24) is 3.12 Å². The third-order valence-electron chi connectivity index (χ3n) is 1.54. The molecule has 0 radical (unpaired) electrons. The second-order valence-electron chi connectivity index (χ2n) is 2.73. The summed E-state index contributed by atoms with van der Waals surface area (Å²) in [5.41, 5.74) is 0. The molecule has 0 fully saturated rings. The van der Waals surface area contributed by atoms with Crippen LogP contribution in [0.2, 0.25) is 0 Å². The first-order chi connectivity index (χ1) is 8.34. The molecule has 0 saturated carbocycles. The Hall–Kier alpha value is -1.23. The highest BCUT2D eigenvalue weighted by atomic mass is 32.3. The van der Waals surface area contributed by atoms with E-state index in [1.165, 1.54) is 24.3 Å². The van der Waals surface area contributed by atoms with Crippen LogP contribution < -0.4 is 0 Å².